The third-order valence-electron chi connectivity index (χ3n) is 2.68. The summed E-state index contributed by atoms with van der Waals surface area (Å²) in [4.78, 5) is 0. The van der Waals surface area contributed by atoms with Gasteiger partial charge in [0.25, 0.3) is 0 Å². The summed E-state index contributed by atoms with van der Waals surface area (Å²) in [6, 6.07) is 3.92. The Kier molecular flexibility index (Phi) is 7.16. The number of ether oxygens (including phenoxy) is 3. The lowest BCUT2D eigenvalue weighted by Gasteiger charge is -2.16. The fourth-order valence-electron chi connectivity index (χ4n) is 1.67. The lowest BCUT2D eigenvalue weighted by atomic mass is 10.2. The van der Waals surface area contributed by atoms with E-state index in [1.54, 1.807) is 0 Å². The Hall–Kier alpha value is -1.38. The van der Waals surface area contributed by atoms with Gasteiger partial charge in [-0.15, -0.1) is 0 Å². The number of hydrogen-bond acceptors (Lipinski definition) is 3. The fraction of sp³-hybridized carbons (Fsp3) is 0.625. The Morgan fingerprint density at radius 3 is 1.58 bits per heavy atom. The van der Waals surface area contributed by atoms with Gasteiger partial charge >= 0.3 is 0 Å². The van der Waals surface area contributed by atoms with Crippen molar-refractivity contribution >= 4 is 0 Å². The van der Waals surface area contributed by atoms with E-state index in [0.717, 1.165) is 42.1 Å². The van der Waals surface area contributed by atoms with Crippen LogP contribution in [0.3, 0.4) is 0 Å². The normalized spacial score (nSPS) is 10.3. The van der Waals surface area contributed by atoms with Crippen LogP contribution in [-0.2, 0) is 0 Å². The van der Waals surface area contributed by atoms with Crippen molar-refractivity contribution in [2.45, 2.75) is 47.0 Å². The van der Waals surface area contributed by atoms with Crippen molar-refractivity contribution < 1.29 is 14.2 Å². The summed E-state index contributed by atoms with van der Waals surface area (Å²) in [6.07, 6.45) is 2.97. The Bertz CT molecular complexity index is 345. The van der Waals surface area contributed by atoms with Crippen LogP contribution < -0.4 is 14.2 Å². The van der Waals surface area contributed by atoms with Crippen LogP contribution in [0.25, 0.3) is 0 Å². The Morgan fingerprint density at radius 1 is 0.737 bits per heavy atom. The summed E-state index contributed by atoms with van der Waals surface area (Å²) in [6.45, 7) is 10.5. The van der Waals surface area contributed by atoms with E-state index in [0.29, 0.717) is 19.8 Å². The maximum Gasteiger partial charge on any atom is 0.129 e. The number of benzene rings is 1. The van der Waals surface area contributed by atoms with Crippen LogP contribution in [0.4, 0.5) is 0 Å². The molecule has 1 rings (SSSR count). The highest BCUT2D eigenvalue weighted by molar-refractivity contribution is 5.49. The maximum atomic E-state index is 5.77. The van der Waals surface area contributed by atoms with Crippen molar-refractivity contribution in [2.75, 3.05) is 19.8 Å². The smallest absolute Gasteiger partial charge is 0.129 e. The van der Waals surface area contributed by atoms with Gasteiger partial charge in [0.1, 0.15) is 17.2 Å². The lowest BCUT2D eigenvalue weighted by molar-refractivity contribution is 0.284. The molecule has 108 valence electrons. The molecule has 19 heavy (non-hydrogen) atoms. The van der Waals surface area contributed by atoms with E-state index >= 15 is 0 Å². The highest BCUT2D eigenvalue weighted by Crippen LogP contribution is 2.33. The molecule has 0 heterocycles. The Morgan fingerprint density at radius 2 is 1.16 bits per heavy atom. The molecule has 0 aliphatic heterocycles. The van der Waals surface area contributed by atoms with Crippen LogP contribution in [0.1, 0.15) is 45.6 Å². The third kappa shape index (κ3) is 5.01. The first-order chi connectivity index (χ1) is 9.22. The van der Waals surface area contributed by atoms with Crippen molar-refractivity contribution in [1.29, 1.82) is 0 Å². The molecular formula is C16H26O3. The minimum atomic E-state index is 0.712. The van der Waals surface area contributed by atoms with Gasteiger partial charge in [-0.2, -0.15) is 0 Å². The molecule has 3 heteroatoms. The van der Waals surface area contributed by atoms with Crippen LogP contribution in [0.2, 0.25) is 0 Å². The van der Waals surface area contributed by atoms with E-state index in [-0.39, 0.29) is 0 Å². The van der Waals surface area contributed by atoms with Crippen molar-refractivity contribution in [1.82, 2.24) is 0 Å². The monoisotopic (exact) mass is 266 g/mol. The second kappa shape index (κ2) is 8.68. The first kappa shape index (κ1) is 15.7. The van der Waals surface area contributed by atoms with Crippen LogP contribution in [0, 0.1) is 6.92 Å². The van der Waals surface area contributed by atoms with Gasteiger partial charge < -0.3 is 14.2 Å². The molecule has 1 aromatic rings. The molecule has 0 unspecified atom stereocenters. The largest absolute Gasteiger partial charge is 0.493 e. The zero-order valence-electron chi connectivity index (χ0n) is 12.6. The molecule has 3 nitrogen and oxygen atoms in total. The van der Waals surface area contributed by atoms with Gasteiger partial charge in [-0.3, -0.25) is 0 Å². The molecule has 0 fully saturated rings. The van der Waals surface area contributed by atoms with Crippen molar-refractivity contribution in [3.05, 3.63) is 17.7 Å². The average Bonchev–Trinajstić information content (AvgIpc) is 2.43. The quantitative estimate of drug-likeness (QED) is 0.664. The molecule has 0 bridgehead atoms. The van der Waals surface area contributed by atoms with Crippen molar-refractivity contribution in [2.24, 2.45) is 0 Å². The maximum absolute atomic E-state index is 5.77. The minimum absolute atomic E-state index is 0.712. The van der Waals surface area contributed by atoms with Crippen LogP contribution in [0.5, 0.6) is 17.2 Å². The fourth-order valence-corrected chi connectivity index (χ4v) is 1.67. The Labute approximate surface area is 116 Å². The standard InChI is InChI=1S/C16H26O3/c1-5-8-17-14-11-15(18-9-6-2)13(4)16(12-14)19-10-7-3/h11-12H,5-10H2,1-4H3. The average molecular weight is 266 g/mol. The predicted molar refractivity (Wildman–Crippen MR) is 78.5 cm³/mol. The van der Waals surface area contributed by atoms with Gasteiger partial charge in [-0.1, -0.05) is 20.8 Å². The van der Waals surface area contributed by atoms with E-state index in [2.05, 4.69) is 20.8 Å². The summed E-state index contributed by atoms with van der Waals surface area (Å²) in [5.74, 6) is 2.55. The summed E-state index contributed by atoms with van der Waals surface area (Å²) < 4.78 is 17.2. The Balaban J connectivity index is 2.92. The molecule has 0 aromatic heterocycles. The first-order valence-electron chi connectivity index (χ1n) is 7.25. The number of hydrogen-bond donors (Lipinski definition) is 0. The first-order valence-corrected chi connectivity index (χ1v) is 7.25. The van der Waals surface area contributed by atoms with E-state index in [4.69, 9.17) is 14.2 Å². The highest BCUT2D eigenvalue weighted by Gasteiger charge is 2.10. The van der Waals surface area contributed by atoms with E-state index < -0.39 is 0 Å². The molecule has 0 radical (unpaired) electrons. The molecule has 0 aliphatic rings. The van der Waals surface area contributed by atoms with Crippen LogP contribution >= 0.6 is 0 Å². The molecular weight excluding hydrogens is 240 g/mol. The molecule has 0 saturated heterocycles. The van der Waals surface area contributed by atoms with Crippen molar-refractivity contribution in [3.63, 3.8) is 0 Å². The summed E-state index contributed by atoms with van der Waals surface area (Å²) >= 11 is 0. The van der Waals surface area contributed by atoms with Gasteiger partial charge in [-0.05, 0) is 26.2 Å². The molecule has 0 atom stereocenters. The molecule has 0 aliphatic carbocycles. The molecule has 0 spiro atoms. The summed E-state index contributed by atoms with van der Waals surface area (Å²) in [7, 11) is 0. The van der Waals surface area contributed by atoms with Crippen LogP contribution in [0.15, 0.2) is 12.1 Å². The minimum Gasteiger partial charge on any atom is -0.493 e. The molecule has 0 amide bonds. The second-order valence-corrected chi connectivity index (χ2v) is 4.59. The molecule has 0 saturated carbocycles. The van der Waals surface area contributed by atoms with Gasteiger partial charge in [0.2, 0.25) is 0 Å². The van der Waals surface area contributed by atoms with E-state index in [1.807, 2.05) is 19.1 Å². The molecule has 0 N–H and O–H groups in total. The zero-order chi connectivity index (χ0) is 14.1. The molecule has 1 aromatic carbocycles. The van der Waals surface area contributed by atoms with Gasteiger partial charge in [0.05, 0.1) is 19.8 Å². The summed E-state index contributed by atoms with van der Waals surface area (Å²) in [5.41, 5.74) is 1.05. The van der Waals surface area contributed by atoms with E-state index in [1.165, 1.54) is 0 Å². The predicted octanol–water partition coefficient (Wildman–Crippen LogP) is 4.36. The van der Waals surface area contributed by atoms with E-state index in [9.17, 15) is 0 Å². The lowest BCUT2D eigenvalue weighted by Crippen LogP contribution is -2.03. The van der Waals surface area contributed by atoms with Crippen LogP contribution in [-0.4, -0.2) is 19.8 Å². The zero-order valence-corrected chi connectivity index (χ0v) is 12.6. The van der Waals surface area contributed by atoms with Gasteiger partial charge in [-0.25, -0.2) is 0 Å². The summed E-state index contributed by atoms with van der Waals surface area (Å²) in [5, 5.41) is 0. The topological polar surface area (TPSA) is 27.7 Å². The van der Waals surface area contributed by atoms with Gasteiger partial charge in [0.15, 0.2) is 0 Å². The second-order valence-electron chi connectivity index (χ2n) is 4.59. The SMILES string of the molecule is CCCOc1cc(OCCC)c(C)c(OCCC)c1. The third-order valence-corrected chi connectivity index (χ3v) is 2.68. The number of rotatable bonds is 9. The van der Waals surface area contributed by atoms with Crippen molar-refractivity contribution in [3.8, 4) is 17.2 Å². The van der Waals surface area contributed by atoms with Gasteiger partial charge in [0, 0.05) is 17.7 Å². The highest BCUT2D eigenvalue weighted by atomic mass is 16.5.